The van der Waals surface area contributed by atoms with Crippen molar-refractivity contribution in [2.24, 2.45) is 5.73 Å². The largest absolute Gasteiger partial charge is 0.453 e. The maximum absolute atomic E-state index is 6.13. The van der Waals surface area contributed by atoms with Gasteiger partial charge in [-0.15, -0.1) is 0 Å². The van der Waals surface area contributed by atoms with Crippen LogP contribution in [0, 0.1) is 0 Å². The molecule has 2 rings (SSSR count). The molecule has 2 N–H and O–H groups in total. The van der Waals surface area contributed by atoms with Crippen molar-refractivity contribution >= 4 is 15.9 Å². The van der Waals surface area contributed by atoms with Crippen LogP contribution in [0.15, 0.2) is 45.6 Å². The van der Waals surface area contributed by atoms with E-state index < -0.39 is 0 Å². The predicted octanol–water partition coefficient (Wildman–Crippen LogP) is 3.24. The first-order valence-electron chi connectivity index (χ1n) is 5.10. The zero-order valence-electron chi connectivity index (χ0n) is 8.93. The lowest BCUT2D eigenvalue weighted by Crippen LogP contribution is -2.17. The monoisotopic (exact) mass is 280 g/mol. The molecule has 16 heavy (non-hydrogen) atoms. The zero-order chi connectivity index (χ0) is 11.5. The Hall–Kier alpha value is -1.13. The number of nitrogens with zero attached hydrogens (tertiary/aromatic N) is 1. The van der Waals surface area contributed by atoms with Crippen molar-refractivity contribution in [2.45, 2.75) is 18.9 Å². The second kappa shape index (κ2) is 4.80. The van der Waals surface area contributed by atoms with Crippen LogP contribution in [0.2, 0.25) is 0 Å². The van der Waals surface area contributed by atoms with Crippen molar-refractivity contribution < 1.29 is 4.42 Å². The maximum atomic E-state index is 6.13. The zero-order valence-corrected chi connectivity index (χ0v) is 10.5. The number of aromatic nitrogens is 1. The van der Waals surface area contributed by atoms with Gasteiger partial charge in [0.25, 0.3) is 0 Å². The standard InChI is InChI=1S/C12H13BrN2O/c1-8(9-4-2-3-7-15-9)12(14)10-5-6-11(13)16-10/h2-8,12H,14H2,1H3. The van der Waals surface area contributed by atoms with Gasteiger partial charge in [-0.1, -0.05) is 13.0 Å². The van der Waals surface area contributed by atoms with Gasteiger partial charge in [0, 0.05) is 17.8 Å². The number of furan rings is 1. The third-order valence-corrected chi connectivity index (χ3v) is 3.04. The van der Waals surface area contributed by atoms with Crippen LogP contribution >= 0.6 is 15.9 Å². The quantitative estimate of drug-likeness (QED) is 0.939. The van der Waals surface area contributed by atoms with E-state index in [1.165, 1.54) is 0 Å². The SMILES string of the molecule is CC(c1ccccn1)C(N)c1ccc(Br)o1. The minimum atomic E-state index is -0.179. The van der Waals surface area contributed by atoms with E-state index in [0.717, 1.165) is 11.5 Å². The van der Waals surface area contributed by atoms with Gasteiger partial charge in [-0.3, -0.25) is 4.98 Å². The molecule has 0 spiro atoms. The summed E-state index contributed by atoms with van der Waals surface area (Å²) in [5, 5.41) is 0. The number of hydrogen-bond donors (Lipinski definition) is 1. The highest BCUT2D eigenvalue weighted by molar-refractivity contribution is 9.10. The van der Waals surface area contributed by atoms with Crippen molar-refractivity contribution in [3.8, 4) is 0 Å². The lowest BCUT2D eigenvalue weighted by molar-refractivity contribution is 0.419. The highest BCUT2D eigenvalue weighted by Crippen LogP contribution is 2.29. The van der Waals surface area contributed by atoms with Gasteiger partial charge < -0.3 is 10.2 Å². The molecule has 3 nitrogen and oxygen atoms in total. The van der Waals surface area contributed by atoms with Crippen LogP contribution in [0.25, 0.3) is 0 Å². The number of hydrogen-bond acceptors (Lipinski definition) is 3. The Kier molecular flexibility index (Phi) is 3.41. The van der Waals surface area contributed by atoms with E-state index in [0.29, 0.717) is 4.67 Å². The fraction of sp³-hybridized carbons (Fsp3) is 0.250. The molecule has 0 fully saturated rings. The molecule has 0 saturated carbocycles. The molecule has 0 radical (unpaired) electrons. The Labute approximate surface area is 103 Å². The van der Waals surface area contributed by atoms with Gasteiger partial charge in [0.05, 0.1) is 6.04 Å². The average molecular weight is 281 g/mol. The minimum absolute atomic E-state index is 0.124. The summed E-state index contributed by atoms with van der Waals surface area (Å²) in [6.45, 7) is 2.05. The summed E-state index contributed by atoms with van der Waals surface area (Å²) in [6, 6.07) is 9.38. The van der Waals surface area contributed by atoms with Crippen molar-refractivity contribution in [3.63, 3.8) is 0 Å². The summed E-state index contributed by atoms with van der Waals surface area (Å²) in [7, 11) is 0. The molecule has 0 bridgehead atoms. The third-order valence-electron chi connectivity index (χ3n) is 2.62. The fourth-order valence-electron chi connectivity index (χ4n) is 1.58. The van der Waals surface area contributed by atoms with E-state index in [2.05, 4.69) is 20.9 Å². The Bertz CT molecular complexity index is 455. The van der Waals surface area contributed by atoms with Gasteiger partial charge in [0.1, 0.15) is 5.76 Å². The van der Waals surface area contributed by atoms with Crippen LogP contribution in [0.5, 0.6) is 0 Å². The maximum Gasteiger partial charge on any atom is 0.169 e. The topological polar surface area (TPSA) is 52.0 Å². The van der Waals surface area contributed by atoms with Gasteiger partial charge in [0.15, 0.2) is 4.67 Å². The number of halogens is 1. The Balaban J connectivity index is 2.19. The van der Waals surface area contributed by atoms with Crippen molar-refractivity contribution in [1.29, 1.82) is 0 Å². The first-order valence-corrected chi connectivity index (χ1v) is 5.89. The van der Waals surface area contributed by atoms with Crippen LogP contribution in [0.4, 0.5) is 0 Å². The van der Waals surface area contributed by atoms with Gasteiger partial charge >= 0.3 is 0 Å². The number of pyridine rings is 1. The lowest BCUT2D eigenvalue weighted by Gasteiger charge is -2.17. The molecular formula is C12H13BrN2O. The van der Waals surface area contributed by atoms with Crippen LogP contribution in [0.1, 0.15) is 30.3 Å². The highest BCUT2D eigenvalue weighted by atomic mass is 79.9. The van der Waals surface area contributed by atoms with E-state index in [9.17, 15) is 0 Å². The van der Waals surface area contributed by atoms with Gasteiger partial charge in [0.2, 0.25) is 0 Å². The van der Waals surface area contributed by atoms with E-state index in [1.807, 2.05) is 37.3 Å². The highest BCUT2D eigenvalue weighted by Gasteiger charge is 2.20. The molecule has 84 valence electrons. The summed E-state index contributed by atoms with van der Waals surface area (Å²) in [4.78, 5) is 4.30. The molecular weight excluding hydrogens is 268 g/mol. The summed E-state index contributed by atoms with van der Waals surface area (Å²) in [6.07, 6.45) is 1.77. The second-order valence-electron chi connectivity index (χ2n) is 3.71. The lowest BCUT2D eigenvalue weighted by atomic mass is 9.96. The van der Waals surface area contributed by atoms with Gasteiger partial charge in [-0.2, -0.15) is 0 Å². The molecule has 2 atom stereocenters. The number of rotatable bonds is 3. The first-order chi connectivity index (χ1) is 7.68. The molecule has 4 heteroatoms. The Morgan fingerprint density at radius 2 is 2.12 bits per heavy atom. The summed E-state index contributed by atoms with van der Waals surface area (Å²) in [5.74, 6) is 0.893. The van der Waals surface area contributed by atoms with Crippen molar-refractivity contribution in [3.05, 3.63) is 52.7 Å². The summed E-state index contributed by atoms with van der Waals surface area (Å²) < 4.78 is 6.15. The third kappa shape index (κ3) is 2.33. The van der Waals surface area contributed by atoms with E-state index in [-0.39, 0.29) is 12.0 Å². The van der Waals surface area contributed by atoms with Crippen molar-refractivity contribution in [1.82, 2.24) is 4.98 Å². The Morgan fingerprint density at radius 3 is 2.69 bits per heavy atom. The number of nitrogens with two attached hydrogens (primary N) is 1. The summed E-state index contributed by atoms with van der Waals surface area (Å²) >= 11 is 3.27. The van der Waals surface area contributed by atoms with Crippen LogP contribution in [0.3, 0.4) is 0 Å². The molecule has 2 aromatic heterocycles. The molecule has 0 amide bonds. The molecule has 0 aliphatic rings. The molecule has 0 aromatic carbocycles. The molecule has 2 aromatic rings. The fourth-order valence-corrected chi connectivity index (χ4v) is 1.90. The molecule has 0 aliphatic carbocycles. The van der Waals surface area contributed by atoms with Crippen LogP contribution in [-0.2, 0) is 0 Å². The summed E-state index contributed by atoms with van der Waals surface area (Å²) in [5.41, 5.74) is 7.10. The van der Waals surface area contributed by atoms with Crippen LogP contribution in [-0.4, -0.2) is 4.98 Å². The Morgan fingerprint density at radius 1 is 1.31 bits per heavy atom. The molecule has 0 aliphatic heterocycles. The predicted molar refractivity (Wildman–Crippen MR) is 66.0 cm³/mol. The average Bonchev–Trinajstić information content (AvgIpc) is 2.75. The minimum Gasteiger partial charge on any atom is -0.453 e. The molecule has 0 saturated heterocycles. The smallest absolute Gasteiger partial charge is 0.169 e. The van der Waals surface area contributed by atoms with Gasteiger partial charge in [-0.05, 0) is 40.2 Å². The van der Waals surface area contributed by atoms with Crippen molar-refractivity contribution in [2.75, 3.05) is 0 Å². The second-order valence-corrected chi connectivity index (χ2v) is 4.49. The molecule has 2 heterocycles. The first kappa shape index (κ1) is 11.4. The van der Waals surface area contributed by atoms with E-state index >= 15 is 0 Å². The van der Waals surface area contributed by atoms with E-state index in [1.54, 1.807) is 6.20 Å². The van der Waals surface area contributed by atoms with Gasteiger partial charge in [-0.25, -0.2) is 0 Å². The normalized spacial score (nSPS) is 14.7. The van der Waals surface area contributed by atoms with Crippen LogP contribution < -0.4 is 5.73 Å². The molecule has 2 unspecified atom stereocenters. The van der Waals surface area contributed by atoms with E-state index in [4.69, 9.17) is 10.2 Å².